The number of sulfonamides is 1. The van der Waals surface area contributed by atoms with Gasteiger partial charge >= 0.3 is 0 Å². The summed E-state index contributed by atoms with van der Waals surface area (Å²) in [5.41, 5.74) is 1.81. The van der Waals surface area contributed by atoms with E-state index >= 15 is 0 Å². The lowest BCUT2D eigenvalue weighted by molar-refractivity contribution is -0.127. The van der Waals surface area contributed by atoms with E-state index in [0.717, 1.165) is 11.1 Å². The lowest BCUT2D eigenvalue weighted by Gasteiger charge is -2.15. The largest absolute Gasteiger partial charge is 0.481 e. The molecule has 1 amide bonds. The average Bonchev–Trinajstić information content (AvgIpc) is 2.52. The highest BCUT2D eigenvalue weighted by atomic mass is 32.2. The highest BCUT2D eigenvalue weighted by molar-refractivity contribution is 7.89. The van der Waals surface area contributed by atoms with E-state index in [2.05, 4.69) is 5.32 Å². The number of hydrogen-bond acceptors (Lipinski definition) is 4. The minimum atomic E-state index is -3.71. The van der Waals surface area contributed by atoms with Gasteiger partial charge in [-0.1, -0.05) is 24.3 Å². The number of amides is 1. The number of primary sulfonamides is 1. The topological polar surface area (TPSA) is 98.5 Å². The lowest BCUT2D eigenvalue weighted by atomic mass is 10.2. The molecule has 1 atom stereocenters. The zero-order chi connectivity index (χ0) is 17.7. The van der Waals surface area contributed by atoms with Gasteiger partial charge < -0.3 is 10.1 Å². The molecular formula is C17H20N2O4S. The molecule has 3 N–H and O–H groups in total. The number of rotatable bonds is 6. The quantitative estimate of drug-likeness (QED) is 0.830. The summed E-state index contributed by atoms with van der Waals surface area (Å²) in [6.45, 7) is 3.88. The second-order valence-corrected chi connectivity index (χ2v) is 7.04. The van der Waals surface area contributed by atoms with Crippen LogP contribution >= 0.6 is 0 Å². The first kappa shape index (κ1) is 18.0. The molecular weight excluding hydrogens is 328 g/mol. The highest BCUT2D eigenvalue weighted by Gasteiger charge is 2.14. The van der Waals surface area contributed by atoms with Gasteiger partial charge in [-0.05, 0) is 49.2 Å². The molecule has 2 aromatic carbocycles. The second kappa shape index (κ2) is 7.46. The predicted octanol–water partition coefficient (Wildman–Crippen LogP) is 1.73. The van der Waals surface area contributed by atoms with E-state index in [1.165, 1.54) is 12.1 Å². The van der Waals surface area contributed by atoms with Crippen LogP contribution < -0.4 is 15.2 Å². The van der Waals surface area contributed by atoms with E-state index in [-0.39, 0.29) is 17.3 Å². The van der Waals surface area contributed by atoms with Crippen LogP contribution in [0.4, 0.5) is 0 Å². The van der Waals surface area contributed by atoms with E-state index in [4.69, 9.17) is 9.88 Å². The van der Waals surface area contributed by atoms with Crippen molar-refractivity contribution in [2.75, 3.05) is 0 Å². The molecule has 0 aliphatic rings. The maximum absolute atomic E-state index is 12.1. The number of aryl methyl sites for hydroxylation is 1. The van der Waals surface area contributed by atoms with Crippen molar-refractivity contribution in [2.45, 2.75) is 31.4 Å². The summed E-state index contributed by atoms with van der Waals surface area (Å²) in [6, 6.07) is 13.5. The molecule has 7 heteroatoms. The van der Waals surface area contributed by atoms with Crippen molar-refractivity contribution in [3.8, 4) is 5.75 Å². The van der Waals surface area contributed by atoms with Crippen LogP contribution in [0.15, 0.2) is 53.4 Å². The summed E-state index contributed by atoms with van der Waals surface area (Å²) in [6.07, 6.45) is -0.643. The minimum absolute atomic E-state index is 0.0359. The fourth-order valence-corrected chi connectivity index (χ4v) is 2.59. The van der Waals surface area contributed by atoms with Gasteiger partial charge in [-0.15, -0.1) is 0 Å². The maximum atomic E-state index is 12.1. The molecule has 0 heterocycles. The van der Waals surface area contributed by atoms with Crippen molar-refractivity contribution in [3.63, 3.8) is 0 Å². The summed E-state index contributed by atoms with van der Waals surface area (Å²) < 4.78 is 28.0. The Balaban J connectivity index is 1.90. The SMILES string of the molecule is Cc1cccc(O[C@@H](C)C(=O)NCc2ccc(S(N)(=O)=O)cc2)c1. The van der Waals surface area contributed by atoms with Crippen LogP contribution in [-0.4, -0.2) is 20.4 Å². The van der Waals surface area contributed by atoms with Crippen molar-refractivity contribution < 1.29 is 17.9 Å². The number of benzene rings is 2. The molecule has 0 spiro atoms. The van der Waals surface area contributed by atoms with Crippen LogP contribution in [0.5, 0.6) is 5.75 Å². The first-order chi connectivity index (χ1) is 11.3. The Kier molecular flexibility index (Phi) is 5.58. The maximum Gasteiger partial charge on any atom is 0.261 e. The number of hydrogen-bond donors (Lipinski definition) is 2. The van der Waals surface area contributed by atoms with Gasteiger partial charge in [-0.25, -0.2) is 13.6 Å². The van der Waals surface area contributed by atoms with Crippen molar-refractivity contribution in [1.82, 2.24) is 5.32 Å². The number of carbonyl (C=O) groups excluding carboxylic acids is 1. The summed E-state index contributed by atoms with van der Waals surface area (Å²) >= 11 is 0. The molecule has 0 aliphatic heterocycles. The summed E-state index contributed by atoms with van der Waals surface area (Å²) in [5, 5.41) is 7.79. The van der Waals surface area contributed by atoms with Gasteiger partial charge in [0.15, 0.2) is 6.10 Å². The molecule has 128 valence electrons. The van der Waals surface area contributed by atoms with E-state index in [1.54, 1.807) is 25.1 Å². The van der Waals surface area contributed by atoms with Crippen LogP contribution in [-0.2, 0) is 21.4 Å². The molecule has 0 saturated heterocycles. The van der Waals surface area contributed by atoms with E-state index < -0.39 is 16.1 Å². The molecule has 0 unspecified atom stereocenters. The fraction of sp³-hybridized carbons (Fsp3) is 0.235. The smallest absolute Gasteiger partial charge is 0.261 e. The van der Waals surface area contributed by atoms with Crippen molar-refractivity contribution in [3.05, 3.63) is 59.7 Å². The summed E-state index contributed by atoms with van der Waals surface area (Å²) in [4.78, 5) is 12.1. The third-order valence-corrected chi connectivity index (χ3v) is 4.32. The molecule has 0 fully saturated rings. The molecule has 0 aliphatic carbocycles. The van der Waals surface area contributed by atoms with Crippen LogP contribution in [0.2, 0.25) is 0 Å². The Bertz CT molecular complexity index is 817. The Morgan fingerprint density at radius 1 is 1.21 bits per heavy atom. The van der Waals surface area contributed by atoms with Gasteiger partial charge in [-0.2, -0.15) is 0 Å². The Labute approximate surface area is 141 Å². The Hall–Kier alpha value is -2.38. The van der Waals surface area contributed by atoms with E-state index in [9.17, 15) is 13.2 Å². The van der Waals surface area contributed by atoms with Crippen LogP contribution in [0.3, 0.4) is 0 Å². The summed E-state index contributed by atoms with van der Waals surface area (Å²) in [5.74, 6) is 0.377. The third kappa shape index (κ3) is 5.07. The Morgan fingerprint density at radius 2 is 1.88 bits per heavy atom. The van der Waals surface area contributed by atoms with Crippen molar-refractivity contribution in [1.29, 1.82) is 0 Å². The van der Waals surface area contributed by atoms with Gasteiger partial charge in [-0.3, -0.25) is 4.79 Å². The molecule has 2 rings (SSSR count). The van der Waals surface area contributed by atoms with Gasteiger partial charge in [0.2, 0.25) is 10.0 Å². The molecule has 0 bridgehead atoms. The lowest BCUT2D eigenvalue weighted by Crippen LogP contribution is -2.35. The highest BCUT2D eigenvalue weighted by Crippen LogP contribution is 2.14. The van der Waals surface area contributed by atoms with Gasteiger partial charge in [0.05, 0.1) is 4.90 Å². The molecule has 6 nitrogen and oxygen atoms in total. The molecule has 0 saturated carbocycles. The standard InChI is InChI=1S/C17H20N2O4S/c1-12-4-3-5-15(10-12)23-13(2)17(20)19-11-14-6-8-16(9-7-14)24(18,21)22/h3-10,13H,11H2,1-2H3,(H,19,20)(H2,18,21,22)/t13-/m0/s1. The van der Waals surface area contributed by atoms with Crippen molar-refractivity contribution >= 4 is 15.9 Å². The van der Waals surface area contributed by atoms with Crippen LogP contribution in [0.25, 0.3) is 0 Å². The summed E-state index contributed by atoms with van der Waals surface area (Å²) in [7, 11) is -3.71. The minimum Gasteiger partial charge on any atom is -0.481 e. The van der Waals surface area contributed by atoms with Crippen LogP contribution in [0.1, 0.15) is 18.1 Å². The molecule has 24 heavy (non-hydrogen) atoms. The zero-order valence-electron chi connectivity index (χ0n) is 13.5. The number of ether oxygens (including phenoxy) is 1. The van der Waals surface area contributed by atoms with Gasteiger partial charge in [0, 0.05) is 6.54 Å². The van der Waals surface area contributed by atoms with Crippen LogP contribution in [0, 0.1) is 6.92 Å². The average molecular weight is 348 g/mol. The number of carbonyl (C=O) groups is 1. The first-order valence-electron chi connectivity index (χ1n) is 7.38. The van der Waals surface area contributed by atoms with Crippen molar-refractivity contribution in [2.24, 2.45) is 5.14 Å². The van der Waals surface area contributed by atoms with E-state index in [1.807, 2.05) is 25.1 Å². The zero-order valence-corrected chi connectivity index (χ0v) is 14.3. The number of nitrogens with one attached hydrogen (secondary N) is 1. The first-order valence-corrected chi connectivity index (χ1v) is 8.93. The second-order valence-electron chi connectivity index (χ2n) is 5.48. The predicted molar refractivity (Wildman–Crippen MR) is 90.9 cm³/mol. The molecule has 0 radical (unpaired) electrons. The Morgan fingerprint density at radius 3 is 2.46 bits per heavy atom. The molecule has 2 aromatic rings. The molecule has 0 aromatic heterocycles. The normalized spacial score (nSPS) is 12.5. The van der Waals surface area contributed by atoms with E-state index in [0.29, 0.717) is 5.75 Å². The third-order valence-electron chi connectivity index (χ3n) is 3.39. The monoisotopic (exact) mass is 348 g/mol. The van der Waals surface area contributed by atoms with Gasteiger partial charge in [0.1, 0.15) is 5.75 Å². The fourth-order valence-electron chi connectivity index (χ4n) is 2.08. The van der Waals surface area contributed by atoms with Gasteiger partial charge in [0.25, 0.3) is 5.91 Å². The number of nitrogens with two attached hydrogens (primary N) is 1.